The molecule has 2 rings (SSSR count). The van der Waals surface area contributed by atoms with E-state index >= 15 is 0 Å². The molecule has 0 aliphatic carbocycles. The summed E-state index contributed by atoms with van der Waals surface area (Å²) in [6.45, 7) is 6.45. The quantitative estimate of drug-likeness (QED) is 0.717. The number of halogens is 2. The van der Waals surface area contributed by atoms with E-state index in [-0.39, 0.29) is 30.7 Å². The fraction of sp³-hybridized carbons (Fsp3) is 0.350. The van der Waals surface area contributed by atoms with Crippen molar-refractivity contribution in [1.29, 1.82) is 0 Å². The van der Waals surface area contributed by atoms with Crippen LogP contribution in [0.5, 0.6) is 0 Å². The molecular weight excluding hydrogens is 369 g/mol. The Labute approximate surface area is 169 Å². The number of nitrogens with two attached hydrogens (primary N) is 1. The number of carbonyl (C=O) groups excluding carboxylic acids is 1. The molecule has 2 aromatic carbocycles. The largest absolute Gasteiger partial charge is 0.370 e. The van der Waals surface area contributed by atoms with Crippen LogP contribution < -0.4 is 16.0 Å². The second kappa shape index (κ2) is 12.6. The van der Waals surface area contributed by atoms with Crippen LogP contribution in [0.25, 0.3) is 0 Å². The van der Waals surface area contributed by atoms with Gasteiger partial charge in [0.15, 0.2) is 0 Å². The second-order valence-corrected chi connectivity index (χ2v) is 6.01. The highest BCUT2D eigenvalue weighted by atomic mass is 35.5. The number of anilines is 1. The predicted octanol–water partition coefficient (Wildman–Crippen LogP) is 3.35. The molecule has 0 bridgehead atoms. The summed E-state index contributed by atoms with van der Waals surface area (Å²) in [5.74, 6) is -0.0980. The fourth-order valence-corrected chi connectivity index (χ4v) is 2.70. The minimum absolute atomic E-state index is 0. The Hall–Kier alpha value is -1.75. The number of hydrogen-bond acceptors (Lipinski definition) is 3. The van der Waals surface area contributed by atoms with Gasteiger partial charge in [0.1, 0.15) is 0 Å². The van der Waals surface area contributed by atoms with Crippen LogP contribution in [0.1, 0.15) is 18.1 Å². The van der Waals surface area contributed by atoms with Crippen molar-refractivity contribution in [1.82, 2.24) is 5.32 Å². The Balaban J connectivity index is 0.00000312. The molecule has 0 radical (unpaired) electrons. The SMILES string of the molecule is CCN(CCNC(=O)C(N)Cc1ccccc1)c1cccc(C)c1.Cl.Cl. The minimum atomic E-state index is -0.513. The molecule has 6 heteroatoms. The molecule has 2 aromatic rings. The van der Waals surface area contributed by atoms with Crippen LogP contribution in [0.3, 0.4) is 0 Å². The van der Waals surface area contributed by atoms with Crippen molar-refractivity contribution in [2.45, 2.75) is 26.3 Å². The molecule has 0 spiro atoms. The van der Waals surface area contributed by atoms with Crippen LogP contribution >= 0.6 is 24.8 Å². The van der Waals surface area contributed by atoms with Crippen molar-refractivity contribution >= 4 is 36.4 Å². The minimum Gasteiger partial charge on any atom is -0.370 e. The zero-order chi connectivity index (χ0) is 17.4. The van der Waals surface area contributed by atoms with Crippen molar-refractivity contribution in [3.8, 4) is 0 Å². The second-order valence-electron chi connectivity index (χ2n) is 6.01. The average molecular weight is 398 g/mol. The first-order valence-corrected chi connectivity index (χ1v) is 8.49. The standard InChI is InChI=1S/C20H27N3O.2ClH/c1-3-23(18-11-7-8-16(2)14-18)13-12-22-20(24)19(21)15-17-9-5-4-6-10-17;;/h4-11,14,19H,3,12-13,15,21H2,1-2H3,(H,22,24);2*1H. The van der Waals surface area contributed by atoms with Crippen molar-refractivity contribution in [2.24, 2.45) is 5.73 Å². The van der Waals surface area contributed by atoms with Crippen molar-refractivity contribution in [3.05, 3.63) is 65.7 Å². The third-order valence-corrected chi connectivity index (χ3v) is 4.06. The van der Waals surface area contributed by atoms with Gasteiger partial charge in [0, 0.05) is 25.3 Å². The summed E-state index contributed by atoms with van der Waals surface area (Å²) in [5, 5.41) is 2.95. The van der Waals surface area contributed by atoms with Crippen LogP contribution in [-0.4, -0.2) is 31.6 Å². The highest BCUT2D eigenvalue weighted by Gasteiger charge is 2.14. The van der Waals surface area contributed by atoms with Crippen LogP contribution in [0.4, 0.5) is 5.69 Å². The summed E-state index contributed by atoms with van der Waals surface area (Å²) in [6, 6.07) is 17.7. The number of hydrogen-bond donors (Lipinski definition) is 2. The molecule has 4 nitrogen and oxygen atoms in total. The maximum Gasteiger partial charge on any atom is 0.237 e. The molecule has 0 saturated carbocycles. The topological polar surface area (TPSA) is 58.4 Å². The molecule has 26 heavy (non-hydrogen) atoms. The van der Waals surface area contributed by atoms with Crippen molar-refractivity contribution < 1.29 is 4.79 Å². The van der Waals surface area contributed by atoms with Gasteiger partial charge in [0.2, 0.25) is 5.91 Å². The van der Waals surface area contributed by atoms with Gasteiger partial charge in [0.05, 0.1) is 6.04 Å². The Morgan fingerprint density at radius 1 is 1.12 bits per heavy atom. The molecule has 0 aromatic heterocycles. The molecule has 3 N–H and O–H groups in total. The summed E-state index contributed by atoms with van der Waals surface area (Å²) in [5.41, 5.74) is 9.50. The van der Waals surface area contributed by atoms with E-state index in [1.807, 2.05) is 30.3 Å². The number of amides is 1. The van der Waals surface area contributed by atoms with E-state index in [4.69, 9.17) is 5.73 Å². The predicted molar refractivity (Wildman–Crippen MR) is 115 cm³/mol. The van der Waals surface area contributed by atoms with Crippen LogP contribution in [0.2, 0.25) is 0 Å². The van der Waals surface area contributed by atoms with E-state index in [9.17, 15) is 4.79 Å². The smallest absolute Gasteiger partial charge is 0.237 e. The Morgan fingerprint density at radius 3 is 2.42 bits per heavy atom. The summed E-state index contributed by atoms with van der Waals surface area (Å²) < 4.78 is 0. The van der Waals surface area contributed by atoms with Crippen molar-refractivity contribution in [3.63, 3.8) is 0 Å². The van der Waals surface area contributed by atoms with Gasteiger partial charge >= 0.3 is 0 Å². The van der Waals surface area contributed by atoms with E-state index in [0.717, 1.165) is 18.7 Å². The lowest BCUT2D eigenvalue weighted by molar-refractivity contribution is -0.122. The van der Waals surface area contributed by atoms with E-state index in [2.05, 4.69) is 48.3 Å². The zero-order valence-corrected chi connectivity index (χ0v) is 17.0. The Morgan fingerprint density at radius 2 is 1.81 bits per heavy atom. The maximum absolute atomic E-state index is 12.2. The highest BCUT2D eigenvalue weighted by Crippen LogP contribution is 2.15. The average Bonchev–Trinajstić information content (AvgIpc) is 2.59. The zero-order valence-electron chi connectivity index (χ0n) is 15.4. The third-order valence-electron chi connectivity index (χ3n) is 4.06. The molecule has 0 aliphatic rings. The number of carbonyl (C=O) groups is 1. The molecule has 1 amide bonds. The lowest BCUT2D eigenvalue weighted by Gasteiger charge is -2.24. The number of benzene rings is 2. The molecule has 1 unspecified atom stereocenters. The van der Waals surface area contributed by atoms with E-state index in [1.165, 1.54) is 11.3 Å². The summed E-state index contributed by atoms with van der Waals surface area (Å²) in [6.07, 6.45) is 0.558. The number of aryl methyl sites for hydroxylation is 1. The van der Waals surface area contributed by atoms with Gasteiger partial charge in [-0.15, -0.1) is 24.8 Å². The lowest BCUT2D eigenvalue weighted by atomic mass is 10.1. The van der Waals surface area contributed by atoms with Crippen LogP contribution in [-0.2, 0) is 11.2 Å². The molecule has 0 saturated heterocycles. The molecule has 144 valence electrons. The highest BCUT2D eigenvalue weighted by molar-refractivity contribution is 5.85. The number of rotatable bonds is 8. The molecule has 0 fully saturated rings. The molecule has 1 atom stereocenters. The van der Waals surface area contributed by atoms with Crippen LogP contribution in [0.15, 0.2) is 54.6 Å². The van der Waals surface area contributed by atoms with E-state index < -0.39 is 6.04 Å². The lowest BCUT2D eigenvalue weighted by Crippen LogP contribution is -2.44. The normalized spacial score (nSPS) is 10.9. The maximum atomic E-state index is 12.2. The monoisotopic (exact) mass is 397 g/mol. The third kappa shape index (κ3) is 7.65. The Bertz CT molecular complexity index is 653. The van der Waals surface area contributed by atoms with Gasteiger partial charge in [-0.2, -0.15) is 0 Å². The summed E-state index contributed by atoms with van der Waals surface area (Å²) >= 11 is 0. The van der Waals surface area contributed by atoms with Crippen molar-refractivity contribution in [2.75, 3.05) is 24.5 Å². The van der Waals surface area contributed by atoms with Crippen LogP contribution in [0, 0.1) is 6.92 Å². The number of nitrogens with one attached hydrogen (secondary N) is 1. The first kappa shape index (κ1) is 24.2. The van der Waals surface area contributed by atoms with Gasteiger partial charge in [-0.3, -0.25) is 4.79 Å². The van der Waals surface area contributed by atoms with Gasteiger partial charge in [-0.25, -0.2) is 0 Å². The molecule has 0 heterocycles. The summed E-state index contributed by atoms with van der Waals surface area (Å²) in [4.78, 5) is 14.4. The van der Waals surface area contributed by atoms with E-state index in [1.54, 1.807) is 0 Å². The van der Waals surface area contributed by atoms with Gasteiger partial charge in [0.25, 0.3) is 0 Å². The van der Waals surface area contributed by atoms with Gasteiger partial charge in [-0.05, 0) is 43.5 Å². The van der Waals surface area contributed by atoms with E-state index in [0.29, 0.717) is 13.0 Å². The number of nitrogens with zero attached hydrogens (tertiary/aromatic N) is 1. The summed E-state index contributed by atoms with van der Waals surface area (Å²) in [7, 11) is 0. The van der Waals surface area contributed by atoms with Gasteiger partial charge in [-0.1, -0.05) is 42.5 Å². The van der Waals surface area contributed by atoms with Gasteiger partial charge < -0.3 is 16.0 Å². The molecule has 0 aliphatic heterocycles. The fourth-order valence-electron chi connectivity index (χ4n) is 2.70. The first-order chi connectivity index (χ1) is 11.6. The Kier molecular flexibility index (Phi) is 11.7. The number of likely N-dealkylation sites (N-methyl/N-ethyl adjacent to an activating group) is 1. The first-order valence-electron chi connectivity index (χ1n) is 8.49. The molecular formula is C20H29Cl2N3O.